The fourth-order valence-corrected chi connectivity index (χ4v) is 2.55. The van der Waals surface area contributed by atoms with Crippen molar-refractivity contribution in [2.45, 2.75) is 6.54 Å². The van der Waals surface area contributed by atoms with Gasteiger partial charge in [-0.1, -0.05) is 24.3 Å². The molecular weight excluding hydrogens is 334 g/mol. The second-order valence-electron chi connectivity index (χ2n) is 5.57. The van der Waals surface area contributed by atoms with Gasteiger partial charge in [0.25, 0.3) is 5.91 Å². The molecule has 134 valence electrons. The Bertz CT molecular complexity index is 893. The largest absolute Gasteiger partial charge is 0.493 e. The van der Waals surface area contributed by atoms with E-state index in [2.05, 4.69) is 10.2 Å². The molecule has 0 aliphatic carbocycles. The summed E-state index contributed by atoms with van der Waals surface area (Å²) in [5, 5.41) is 8.05. The topological polar surface area (TPSA) is 77.7 Å². The van der Waals surface area contributed by atoms with Crippen LogP contribution < -0.4 is 9.47 Å². The molecule has 3 rings (SSSR count). The van der Waals surface area contributed by atoms with Gasteiger partial charge in [-0.25, -0.2) is 0 Å². The van der Waals surface area contributed by atoms with Crippen LogP contribution in [-0.2, 0) is 6.54 Å². The van der Waals surface area contributed by atoms with Crippen molar-refractivity contribution in [3.8, 4) is 23.0 Å². The minimum Gasteiger partial charge on any atom is -0.493 e. The van der Waals surface area contributed by atoms with E-state index in [-0.39, 0.29) is 12.5 Å². The number of aromatic nitrogens is 2. The first-order chi connectivity index (χ1) is 12.6. The molecule has 0 fully saturated rings. The summed E-state index contributed by atoms with van der Waals surface area (Å²) in [6.45, 7) is 0.180. The lowest BCUT2D eigenvalue weighted by Crippen LogP contribution is -2.26. The molecule has 7 nitrogen and oxygen atoms in total. The minimum absolute atomic E-state index is 0.180. The van der Waals surface area contributed by atoms with Gasteiger partial charge >= 0.3 is 0 Å². The molecule has 0 aliphatic heterocycles. The number of rotatable bonds is 6. The highest BCUT2D eigenvalue weighted by Gasteiger charge is 2.21. The van der Waals surface area contributed by atoms with Crippen LogP contribution in [0.25, 0.3) is 11.5 Å². The van der Waals surface area contributed by atoms with Crippen molar-refractivity contribution < 1.29 is 18.7 Å². The Morgan fingerprint density at radius 3 is 2.50 bits per heavy atom. The van der Waals surface area contributed by atoms with E-state index in [9.17, 15) is 4.79 Å². The van der Waals surface area contributed by atoms with Crippen molar-refractivity contribution in [1.29, 1.82) is 0 Å². The summed E-state index contributed by atoms with van der Waals surface area (Å²) in [5.74, 6) is 1.42. The fourth-order valence-electron chi connectivity index (χ4n) is 2.55. The lowest BCUT2D eigenvalue weighted by atomic mass is 10.1. The maximum atomic E-state index is 12.8. The van der Waals surface area contributed by atoms with E-state index in [0.29, 0.717) is 28.8 Å². The van der Waals surface area contributed by atoms with E-state index < -0.39 is 0 Å². The van der Waals surface area contributed by atoms with Crippen LogP contribution in [-0.4, -0.2) is 42.3 Å². The highest BCUT2D eigenvalue weighted by Crippen LogP contribution is 2.31. The van der Waals surface area contributed by atoms with Crippen LogP contribution in [0.3, 0.4) is 0 Å². The van der Waals surface area contributed by atoms with Gasteiger partial charge in [0.15, 0.2) is 11.5 Å². The van der Waals surface area contributed by atoms with Crippen LogP contribution in [0.5, 0.6) is 11.5 Å². The molecule has 1 heterocycles. The zero-order valence-electron chi connectivity index (χ0n) is 14.8. The number of hydrogen-bond acceptors (Lipinski definition) is 6. The van der Waals surface area contributed by atoms with Gasteiger partial charge in [-0.15, -0.1) is 10.2 Å². The zero-order valence-corrected chi connectivity index (χ0v) is 14.8. The van der Waals surface area contributed by atoms with E-state index in [1.54, 1.807) is 25.2 Å². The first-order valence-electron chi connectivity index (χ1n) is 7.98. The Hall–Kier alpha value is -3.35. The van der Waals surface area contributed by atoms with Crippen LogP contribution in [0.15, 0.2) is 52.9 Å². The summed E-state index contributed by atoms with van der Waals surface area (Å²) in [7, 11) is 4.69. The Labute approximate surface area is 151 Å². The van der Waals surface area contributed by atoms with Gasteiger partial charge in [0.2, 0.25) is 11.8 Å². The molecule has 0 saturated heterocycles. The van der Waals surface area contributed by atoms with Crippen LogP contribution in [0.4, 0.5) is 0 Å². The summed E-state index contributed by atoms with van der Waals surface area (Å²) in [6.07, 6.45) is 0. The third-order valence-corrected chi connectivity index (χ3v) is 3.84. The predicted octanol–water partition coefficient (Wildman–Crippen LogP) is 3.03. The molecule has 0 spiro atoms. The van der Waals surface area contributed by atoms with Gasteiger partial charge in [0, 0.05) is 12.6 Å². The molecule has 0 aliphatic rings. The number of nitrogens with zero attached hydrogens (tertiary/aromatic N) is 3. The highest BCUT2D eigenvalue weighted by molar-refractivity contribution is 5.97. The van der Waals surface area contributed by atoms with Crippen LogP contribution in [0, 0.1) is 0 Å². The number of benzene rings is 2. The Kier molecular flexibility index (Phi) is 5.17. The van der Waals surface area contributed by atoms with Gasteiger partial charge in [-0.05, 0) is 24.3 Å². The Morgan fingerprint density at radius 2 is 1.81 bits per heavy atom. The summed E-state index contributed by atoms with van der Waals surface area (Å²) in [6, 6.07) is 14.6. The SMILES string of the molecule is COc1cccc(C(=O)N(C)Cc2nnc(-c3ccccc3)o2)c1OC. The van der Waals surface area contributed by atoms with Gasteiger partial charge in [0.1, 0.15) is 0 Å². The van der Waals surface area contributed by atoms with Crippen molar-refractivity contribution in [2.24, 2.45) is 0 Å². The highest BCUT2D eigenvalue weighted by atomic mass is 16.5. The fraction of sp³-hybridized carbons (Fsp3) is 0.211. The molecule has 1 aromatic heterocycles. The minimum atomic E-state index is -0.236. The molecule has 0 unspecified atom stereocenters. The van der Waals surface area contributed by atoms with Crippen molar-refractivity contribution in [3.63, 3.8) is 0 Å². The number of para-hydroxylation sites is 1. The van der Waals surface area contributed by atoms with E-state index in [4.69, 9.17) is 13.9 Å². The van der Waals surface area contributed by atoms with E-state index in [1.165, 1.54) is 19.1 Å². The molecule has 0 radical (unpaired) electrons. The predicted molar refractivity (Wildman–Crippen MR) is 95.1 cm³/mol. The first kappa shape index (κ1) is 17.5. The van der Waals surface area contributed by atoms with Gasteiger partial charge in [-0.2, -0.15) is 0 Å². The monoisotopic (exact) mass is 353 g/mol. The van der Waals surface area contributed by atoms with Crippen molar-refractivity contribution >= 4 is 5.91 Å². The van der Waals surface area contributed by atoms with Gasteiger partial charge < -0.3 is 18.8 Å². The molecule has 0 bridgehead atoms. The van der Waals surface area contributed by atoms with E-state index in [0.717, 1.165) is 5.56 Å². The zero-order chi connectivity index (χ0) is 18.5. The summed E-state index contributed by atoms with van der Waals surface area (Å²) in [5.41, 5.74) is 1.23. The van der Waals surface area contributed by atoms with Gasteiger partial charge in [-0.3, -0.25) is 4.79 Å². The number of ether oxygens (including phenoxy) is 2. The normalized spacial score (nSPS) is 10.4. The standard InChI is InChI=1S/C19H19N3O4/c1-22(19(23)14-10-7-11-15(24-2)17(14)25-3)12-16-20-21-18(26-16)13-8-5-4-6-9-13/h4-11H,12H2,1-3H3. The second-order valence-corrected chi connectivity index (χ2v) is 5.57. The number of carbonyl (C=O) groups is 1. The summed E-state index contributed by atoms with van der Waals surface area (Å²) in [4.78, 5) is 14.3. The molecule has 0 atom stereocenters. The van der Waals surface area contributed by atoms with E-state index >= 15 is 0 Å². The third kappa shape index (κ3) is 3.51. The second kappa shape index (κ2) is 7.69. The van der Waals surface area contributed by atoms with Gasteiger partial charge in [0.05, 0.1) is 26.3 Å². The maximum Gasteiger partial charge on any atom is 0.257 e. The Balaban J connectivity index is 1.78. The molecule has 0 saturated carbocycles. The summed E-state index contributed by atoms with van der Waals surface area (Å²) < 4.78 is 16.2. The van der Waals surface area contributed by atoms with Crippen LogP contribution in [0.1, 0.15) is 16.2 Å². The Morgan fingerprint density at radius 1 is 1.04 bits per heavy atom. The van der Waals surface area contributed by atoms with E-state index in [1.807, 2.05) is 30.3 Å². The lowest BCUT2D eigenvalue weighted by molar-refractivity contribution is 0.0769. The average Bonchev–Trinajstić information content (AvgIpc) is 3.15. The quantitative estimate of drug-likeness (QED) is 0.678. The number of hydrogen-bond donors (Lipinski definition) is 0. The molecule has 0 N–H and O–H groups in total. The molecular formula is C19H19N3O4. The smallest absolute Gasteiger partial charge is 0.257 e. The number of carbonyl (C=O) groups excluding carboxylic acids is 1. The summed E-state index contributed by atoms with van der Waals surface area (Å²) >= 11 is 0. The van der Waals surface area contributed by atoms with Crippen molar-refractivity contribution in [2.75, 3.05) is 21.3 Å². The first-order valence-corrected chi connectivity index (χ1v) is 7.98. The molecule has 2 aromatic carbocycles. The third-order valence-electron chi connectivity index (χ3n) is 3.84. The lowest BCUT2D eigenvalue weighted by Gasteiger charge is -2.18. The van der Waals surface area contributed by atoms with Crippen molar-refractivity contribution in [1.82, 2.24) is 15.1 Å². The molecule has 3 aromatic rings. The number of amides is 1. The van der Waals surface area contributed by atoms with Crippen LogP contribution in [0.2, 0.25) is 0 Å². The van der Waals surface area contributed by atoms with Crippen LogP contribution >= 0.6 is 0 Å². The maximum absolute atomic E-state index is 12.8. The molecule has 7 heteroatoms. The molecule has 1 amide bonds. The molecule has 26 heavy (non-hydrogen) atoms. The van der Waals surface area contributed by atoms with Crippen molar-refractivity contribution in [3.05, 3.63) is 60.0 Å². The number of methoxy groups -OCH3 is 2. The average molecular weight is 353 g/mol.